The van der Waals surface area contributed by atoms with Gasteiger partial charge >= 0.3 is 0 Å². The lowest BCUT2D eigenvalue weighted by molar-refractivity contribution is 0.916. The lowest BCUT2D eigenvalue weighted by atomic mass is 10.0. The third-order valence-corrected chi connectivity index (χ3v) is 5.65. The number of allylic oxidation sites excluding steroid dienone is 1. The first-order chi connectivity index (χ1) is 12.7. The molecule has 0 aromatic heterocycles. The summed E-state index contributed by atoms with van der Waals surface area (Å²) in [4.78, 5) is 4.59. The van der Waals surface area contributed by atoms with Crippen molar-refractivity contribution in [1.82, 2.24) is 0 Å². The molecule has 3 heteroatoms. The minimum absolute atomic E-state index is 0.720. The Balaban J connectivity index is 2.14. The van der Waals surface area contributed by atoms with E-state index in [2.05, 4.69) is 82.2 Å². The van der Waals surface area contributed by atoms with Crippen LogP contribution in [0.2, 0.25) is 0 Å². The van der Waals surface area contributed by atoms with Crippen LogP contribution < -0.4 is 9.80 Å². The molecule has 27 heavy (non-hydrogen) atoms. The van der Waals surface area contributed by atoms with E-state index in [1.807, 2.05) is 6.08 Å². The third-order valence-electron chi connectivity index (χ3n) is 5.23. The number of benzene rings is 2. The van der Waals surface area contributed by atoms with E-state index >= 15 is 0 Å². The van der Waals surface area contributed by atoms with Gasteiger partial charge in [-0.1, -0.05) is 53.1 Å². The fourth-order valence-electron chi connectivity index (χ4n) is 4.46. The number of anilines is 2. The van der Waals surface area contributed by atoms with Gasteiger partial charge in [0, 0.05) is 17.8 Å². The molecule has 0 aliphatic carbocycles. The molecule has 142 valence electrons. The molecule has 0 spiro atoms. The number of halogens is 1. The monoisotopic (exact) mass is 380 g/mol. The Labute approximate surface area is 168 Å². The Morgan fingerprint density at radius 3 is 1.63 bits per heavy atom. The van der Waals surface area contributed by atoms with Gasteiger partial charge in [-0.05, 0) is 63.8 Å². The van der Waals surface area contributed by atoms with Crippen LogP contribution in [0, 0.1) is 41.5 Å². The van der Waals surface area contributed by atoms with E-state index in [9.17, 15) is 0 Å². The van der Waals surface area contributed by atoms with Crippen LogP contribution in [-0.4, -0.2) is 6.67 Å². The first-order valence-electron chi connectivity index (χ1n) is 9.45. The van der Waals surface area contributed by atoms with Gasteiger partial charge in [0.2, 0.25) is 0 Å². The lowest BCUT2D eigenvalue weighted by Gasteiger charge is -2.28. The lowest BCUT2D eigenvalue weighted by Crippen LogP contribution is -2.29. The molecule has 1 aliphatic heterocycles. The molecule has 0 saturated heterocycles. The van der Waals surface area contributed by atoms with Crippen molar-refractivity contribution in [2.45, 2.75) is 48.0 Å². The molecule has 3 rings (SSSR count). The summed E-state index contributed by atoms with van der Waals surface area (Å²) in [5, 5.41) is 0.796. The topological polar surface area (TPSA) is 6.48 Å². The van der Waals surface area contributed by atoms with Crippen molar-refractivity contribution in [3.63, 3.8) is 0 Å². The highest BCUT2D eigenvalue weighted by molar-refractivity contribution is 6.32. The quantitative estimate of drug-likeness (QED) is 0.424. The Morgan fingerprint density at radius 2 is 1.22 bits per heavy atom. The second-order valence-corrected chi connectivity index (χ2v) is 8.08. The van der Waals surface area contributed by atoms with Gasteiger partial charge in [0.15, 0.2) is 0 Å². The van der Waals surface area contributed by atoms with Crippen LogP contribution >= 0.6 is 11.6 Å². The van der Waals surface area contributed by atoms with Crippen LogP contribution in [-0.2, 0) is 0 Å². The largest absolute Gasteiger partial charge is 0.323 e. The summed E-state index contributed by atoms with van der Waals surface area (Å²) in [6, 6.07) is 8.94. The molecule has 0 atom stereocenters. The maximum Gasteiger partial charge on any atom is 0.130 e. The van der Waals surface area contributed by atoms with Crippen LogP contribution in [0.5, 0.6) is 0 Å². The maximum absolute atomic E-state index is 6.94. The van der Waals surface area contributed by atoms with Crippen LogP contribution in [0.15, 0.2) is 47.8 Å². The van der Waals surface area contributed by atoms with Crippen LogP contribution in [0.4, 0.5) is 11.4 Å². The fourth-order valence-corrected chi connectivity index (χ4v) is 4.78. The standard InChI is InChI=1S/C24H29ClN2/c1-8-9-21-24(25)27(23-19(6)12-16(3)13-20(23)7)14-26(21)22-17(4)10-15(2)11-18(22)5/h8,10-13H,1,9,14H2,2-7H3. The Bertz CT molecular complexity index is 893. The zero-order valence-corrected chi connectivity index (χ0v) is 18.0. The summed E-state index contributed by atoms with van der Waals surface area (Å²) < 4.78 is 0. The molecular weight excluding hydrogens is 352 g/mol. The number of hydrogen-bond acceptors (Lipinski definition) is 2. The second-order valence-electron chi connectivity index (χ2n) is 7.72. The minimum Gasteiger partial charge on any atom is -0.323 e. The zero-order valence-electron chi connectivity index (χ0n) is 17.3. The van der Waals surface area contributed by atoms with E-state index < -0.39 is 0 Å². The van der Waals surface area contributed by atoms with Crippen molar-refractivity contribution >= 4 is 23.0 Å². The summed E-state index contributed by atoms with van der Waals surface area (Å²) in [7, 11) is 0. The Morgan fingerprint density at radius 1 is 0.815 bits per heavy atom. The van der Waals surface area contributed by atoms with E-state index in [1.165, 1.54) is 44.8 Å². The predicted octanol–water partition coefficient (Wildman–Crippen LogP) is 6.81. The average Bonchev–Trinajstić information content (AvgIpc) is 2.83. The highest BCUT2D eigenvalue weighted by Gasteiger charge is 2.32. The molecule has 0 radical (unpaired) electrons. The molecule has 2 nitrogen and oxygen atoms in total. The molecule has 0 saturated carbocycles. The molecule has 0 unspecified atom stereocenters. The molecule has 0 bridgehead atoms. The normalized spacial score (nSPS) is 14.3. The molecule has 1 heterocycles. The van der Waals surface area contributed by atoms with Crippen molar-refractivity contribution in [3.8, 4) is 0 Å². The number of aryl methyl sites for hydroxylation is 6. The first-order valence-corrected chi connectivity index (χ1v) is 9.82. The molecular formula is C24H29ClN2. The van der Waals surface area contributed by atoms with Crippen molar-refractivity contribution in [2.75, 3.05) is 16.5 Å². The van der Waals surface area contributed by atoms with E-state index in [1.54, 1.807) is 0 Å². The molecule has 0 amide bonds. The smallest absolute Gasteiger partial charge is 0.130 e. The first kappa shape index (κ1) is 19.6. The zero-order chi connectivity index (χ0) is 19.9. The van der Waals surface area contributed by atoms with Crippen molar-refractivity contribution in [3.05, 3.63) is 81.2 Å². The van der Waals surface area contributed by atoms with Gasteiger partial charge in [-0.3, -0.25) is 0 Å². The van der Waals surface area contributed by atoms with Gasteiger partial charge in [0.05, 0.1) is 5.70 Å². The van der Waals surface area contributed by atoms with Gasteiger partial charge < -0.3 is 9.80 Å². The second kappa shape index (κ2) is 7.44. The van der Waals surface area contributed by atoms with Gasteiger partial charge in [0.1, 0.15) is 11.8 Å². The highest BCUT2D eigenvalue weighted by Crippen LogP contribution is 2.41. The van der Waals surface area contributed by atoms with Crippen molar-refractivity contribution in [1.29, 1.82) is 0 Å². The molecule has 1 aliphatic rings. The maximum atomic E-state index is 6.94. The van der Waals surface area contributed by atoms with Crippen molar-refractivity contribution < 1.29 is 0 Å². The van der Waals surface area contributed by atoms with Crippen LogP contribution in [0.3, 0.4) is 0 Å². The molecule has 0 N–H and O–H groups in total. The van der Waals surface area contributed by atoms with E-state index in [-0.39, 0.29) is 0 Å². The van der Waals surface area contributed by atoms with Crippen molar-refractivity contribution in [2.24, 2.45) is 0 Å². The summed E-state index contributed by atoms with van der Waals surface area (Å²) in [6.07, 6.45) is 2.67. The fraction of sp³-hybridized carbons (Fsp3) is 0.333. The van der Waals surface area contributed by atoms with E-state index in [0.29, 0.717) is 0 Å². The van der Waals surface area contributed by atoms with E-state index in [4.69, 9.17) is 11.6 Å². The van der Waals surface area contributed by atoms with Crippen LogP contribution in [0.1, 0.15) is 39.8 Å². The summed E-state index contributed by atoms with van der Waals surface area (Å²) in [5.41, 5.74) is 11.2. The Kier molecular flexibility index (Phi) is 5.39. The highest BCUT2D eigenvalue weighted by atomic mass is 35.5. The van der Waals surface area contributed by atoms with Gasteiger partial charge in [-0.15, -0.1) is 6.58 Å². The predicted molar refractivity (Wildman–Crippen MR) is 119 cm³/mol. The summed E-state index contributed by atoms with van der Waals surface area (Å²) >= 11 is 6.94. The van der Waals surface area contributed by atoms with Gasteiger partial charge in [0.25, 0.3) is 0 Å². The van der Waals surface area contributed by atoms with Gasteiger partial charge in [-0.2, -0.15) is 0 Å². The molecule has 0 fully saturated rings. The minimum atomic E-state index is 0.720. The Hall–Kier alpha value is -2.19. The van der Waals surface area contributed by atoms with Crippen LogP contribution in [0.25, 0.3) is 0 Å². The molecule has 2 aromatic carbocycles. The third kappa shape index (κ3) is 3.51. The summed E-state index contributed by atoms with van der Waals surface area (Å²) in [5.74, 6) is 0. The number of hydrogen-bond donors (Lipinski definition) is 0. The van der Waals surface area contributed by atoms with Gasteiger partial charge in [-0.25, -0.2) is 0 Å². The number of rotatable bonds is 4. The number of nitrogens with zero attached hydrogens (tertiary/aromatic N) is 2. The summed E-state index contributed by atoms with van der Waals surface area (Å²) in [6.45, 7) is 17.6. The average molecular weight is 381 g/mol. The SMILES string of the molecule is C=CCC1=C(Cl)N(c2c(C)cc(C)cc2C)CN1c1c(C)cc(C)cc1C. The van der Waals surface area contributed by atoms with E-state index in [0.717, 1.165) is 23.9 Å². The molecule has 2 aromatic rings.